The molecule has 0 saturated carbocycles. The Hall–Kier alpha value is 0.0249. The van der Waals surface area contributed by atoms with Crippen LogP contribution in [-0.4, -0.2) is 32.9 Å². The van der Waals surface area contributed by atoms with Crippen molar-refractivity contribution in [3.8, 4) is 0 Å². The van der Waals surface area contributed by atoms with Gasteiger partial charge in [0.05, 0.1) is 7.85 Å². The number of rotatable bonds is 15. The average molecular weight is 265 g/mol. The molecule has 0 aliphatic carbocycles. The van der Waals surface area contributed by atoms with Gasteiger partial charge < -0.3 is 4.90 Å². The highest BCUT2D eigenvalue weighted by atomic mass is 15.1. The molecule has 0 aromatic carbocycles. The Morgan fingerprint density at radius 1 is 0.632 bits per heavy atom. The van der Waals surface area contributed by atoms with Crippen LogP contribution in [0.25, 0.3) is 0 Å². The molecule has 0 aliphatic heterocycles. The maximum absolute atomic E-state index is 5.50. The van der Waals surface area contributed by atoms with Gasteiger partial charge in [-0.3, -0.25) is 0 Å². The second kappa shape index (κ2) is 16.1. The highest BCUT2D eigenvalue weighted by Crippen LogP contribution is 2.10. The molecule has 0 aliphatic rings. The molecule has 2 radical (unpaired) electrons. The lowest BCUT2D eigenvalue weighted by Crippen LogP contribution is -2.20. The molecule has 0 N–H and O–H groups in total. The van der Waals surface area contributed by atoms with Crippen LogP contribution in [0.2, 0.25) is 6.32 Å². The van der Waals surface area contributed by atoms with Crippen molar-refractivity contribution in [1.29, 1.82) is 0 Å². The van der Waals surface area contributed by atoms with Gasteiger partial charge >= 0.3 is 0 Å². The molecule has 0 unspecified atom stereocenters. The molecule has 112 valence electrons. The summed E-state index contributed by atoms with van der Waals surface area (Å²) in [6.07, 6.45) is 17.5. The van der Waals surface area contributed by atoms with E-state index in [-0.39, 0.29) is 0 Å². The largest absolute Gasteiger partial charge is 0.306 e. The summed E-state index contributed by atoms with van der Waals surface area (Å²) in [6.45, 7) is 4.77. The summed E-state index contributed by atoms with van der Waals surface area (Å²) in [5.41, 5.74) is 0. The number of hydrogen-bond acceptors (Lipinski definition) is 1. The smallest absolute Gasteiger partial charge is 0.0653 e. The predicted octanol–water partition coefficient (Wildman–Crippen LogP) is 5.21. The van der Waals surface area contributed by atoms with Crippen molar-refractivity contribution >= 4 is 7.85 Å². The Balaban J connectivity index is 3.05. The third kappa shape index (κ3) is 16.0. The summed E-state index contributed by atoms with van der Waals surface area (Å²) in [7, 11) is 7.74. The molecule has 1 nitrogen and oxygen atoms in total. The zero-order chi connectivity index (χ0) is 14.2. The molecule has 0 heterocycles. The Morgan fingerprint density at radius 2 is 1.05 bits per heavy atom. The highest BCUT2D eigenvalue weighted by Gasteiger charge is 1.98. The maximum Gasteiger partial charge on any atom is 0.0653 e. The van der Waals surface area contributed by atoms with Crippen LogP contribution in [0.4, 0.5) is 0 Å². The Kier molecular flexibility index (Phi) is 16.1. The van der Waals surface area contributed by atoms with E-state index in [0.717, 1.165) is 6.32 Å². The van der Waals surface area contributed by atoms with Crippen molar-refractivity contribution in [2.75, 3.05) is 20.1 Å². The Bertz CT molecular complexity index is 161. The second-order valence-corrected chi connectivity index (χ2v) is 5.98. The van der Waals surface area contributed by atoms with Crippen LogP contribution in [0, 0.1) is 0 Å². The fourth-order valence-electron chi connectivity index (χ4n) is 2.51. The van der Waals surface area contributed by atoms with Gasteiger partial charge in [-0.05, 0) is 33.0 Å². The minimum atomic E-state index is 0.839. The van der Waals surface area contributed by atoms with E-state index < -0.39 is 0 Å². The third-order valence-corrected chi connectivity index (χ3v) is 3.89. The summed E-state index contributed by atoms with van der Waals surface area (Å²) in [5.74, 6) is 0. The summed E-state index contributed by atoms with van der Waals surface area (Å²) in [5, 5.41) is 0. The average Bonchev–Trinajstić information content (AvgIpc) is 2.41. The SMILES string of the molecule is [B]CCCCN(C)CCCCCCCCCCCC. The molecule has 19 heavy (non-hydrogen) atoms. The molecule has 0 aromatic rings. The van der Waals surface area contributed by atoms with Gasteiger partial charge in [0, 0.05) is 0 Å². The van der Waals surface area contributed by atoms with Crippen molar-refractivity contribution in [3.63, 3.8) is 0 Å². The monoisotopic (exact) mass is 265 g/mol. The standard InChI is InChI=1S/C17H36BN/c1-3-4-5-6-7-8-9-10-11-13-16-19(2)17-14-12-15-18/h3-17H2,1-2H3. The van der Waals surface area contributed by atoms with E-state index in [0.29, 0.717) is 0 Å². The summed E-state index contributed by atoms with van der Waals surface area (Å²) in [4.78, 5) is 2.46. The first kappa shape index (κ1) is 19.0. The van der Waals surface area contributed by atoms with Gasteiger partial charge in [-0.1, -0.05) is 77.5 Å². The first-order chi connectivity index (χ1) is 9.31. The molecule has 2 heteroatoms. The lowest BCUT2D eigenvalue weighted by Gasteiger charge is -2.15. The molecule has 0 fully saturated rings. The van der Waals surface area contributed by atoms with E-state index in [4.69, 9.17) is 7.85 Å². The molecule has 0 rings (SSSR count). The number of nitrogens with zero attached hydrogens (tertiary/aromatic N) is 1. The van der Waals surface area contributed by atoms with Crippen LogP contribution in [0.1, 0.15) is 84.0 Å². The van der Waals surface area contributed by atoms with E-state index in [1.165, 1.54) is 90.1 Å². The van der Waals surface area contributed by atoms with Crippen molar-refractivity contribution in [1.82, 2.24) is 4.90 Å². The molecule has 0 aromatic heterocycles. The first-order valence-corrected chi connectivity index (χ1v) is 8.70. The van der Waals surface area contributed by atoms with Crippen LogP contribution < -0.4 is 0 Å². The minimum Gasteiger partial charge on any atom is -0.306 e. The molecule has 0 bridgehead atoms. The molecule has 0 saturated heterocycles. The summed E-state index contributed by atoms with van der Waals surface area (Å²) >= 11 is 0. The molecule has 0 atom stereocenters. The van der Waals surface area contributed by atoms with E-state index in [1.807, 2.05) is 0 Å². The number of hydrogen-bond donors (Lipinski definition) is 0. The molecule has 0 spiro atoms. The second-order valence-electron chi connectivity index (χ2n) is 5.98. The maximum atomic E-state index is 5.50. The summed E-state index contributed by atoms with van der Waals surface area (Å²) in [6, 6.07) is 0. The van der Waals surface area contributed by atoms with Gasteiger partial charge in [-0.15, -0.1) is 0 Å². The number of unbranched alkanes of at least 4 members (excludes halogenated alkanes) is 10. The Labute approximate surface area is 123 Å². The van der Waals surface area contributed by atoms with Crippen molar-refractivity contribution in [2.24, 2.45) is 0 Å². The van der Waals surface area contributed by atoms with Gasteiger partial charge in [0.25, 0.3) is 0 Å². The van der Waals surface area contributed by atoms with Gasteiger partial charge in [0.1, 0.15) is 0 Å². The predicted molar refractivity (Wildman–Crippen MR) is 89.1 cm³/mol. The minimum absolute atomic E-state index is 0.839. The molecular formula is C17H36BN. The van der Waals surface area contributed by atoms with Crippen molar-refractivity contribution in [3.05, 3.63) is 0 Å². The van der Waals surface area contributed by atoms with Crippen LogP contribution in [-0.2, 0) is 0 Å². The van der Waals surface area contributed by atoms with Crippen LogP contribution >= 0.6 is 0 Å². The Morgan fingerprint density at radius 3 is 1.53 bits per heavy atom. The van der Waals surface area contributed by atoms with Gasteiger partial charge in [0.2, 0.25) is 0 Å². The van der Waals surface area contributed by atoms with E-state index >= 15 is 0 Å². The van der Waals surface area contributed by atoms with Gasteiger partial charge in [-0.25, -0.2) is 0 Å². The first-order valence-electron chi connectivity index (χ1n) is 8.70. The lowest BCUT2D eigenvalue weighted by molar-refractivity contribution is 0.318. The zero-order valence-electron chi connectivity index (χ0n) is 13.6. The van der Waals surface area contributed by atoms with Crippen molar-refractivity contribution < 1.29 is 0 Å². The molecule has 0 amide bonds. The van der Waals surface area contributed by atoms with E-state index in [2.05, 4.69) is 18.9 Å². The quantitative estimate of drug-likeness (QED) is 0.290. The lowest BCUT2D eigenvalue weighted by atomic mass is 10.0. The van der Waals surface area contributed by atoms with Gasteiger partial charge in [0.15, 0.2) is 0 Å². The van der Waals surface area contributed by atoms with Gasteiger partial charge in [-0.2, -0.15) is 0 Å². The fraction of sp³-hybridized carbons (Fsp3) is 1.00. The van der Waals surface area contributed by atoms with Crippen molar-refractivity contribution in [2.45, 2.75) is 90.3 Å². The third-order valence-electron chi connectivity index (χ3n) is 3.89. The van der Waals surface area contributed by atoms with Crippen LogP contribution in [0.3, 0.4) is 0 Å². The zero-order valence-corrected chi connectivity index (χ0v) is 13.6. The normalized spacial score (nSPS) is 11.3. The van der Waals surface area contributed by atoms with E-state index in [9.17, 15) is 0 Å². The summed E-state index contributed by atoms with van der Waals surface area (Å²) < 4.78 is 0. The topological polar surface area (TPSA) is 3.24 Å². The van der Waals surface area contributed by atoms with E-state index in [1.54, 1.807) is 0 Å². The highest BCUT2D eigenvalue weighted by molar-refractivity contribution is 6.08. The van der Waals surface area contributed by atoms with Crippen LogP contribution in [0.15, 0.2) is 0 Å². The van der Waals surface area contributed by atoms with Crippen LogP contribution in [0.5, 0.6) is 0 Å². The fourth-order valence-corrected chi connectivity index (χ4v) is 2.51. The molecular weight excluding hydrogens is 229 g/mol.